The Morgan fingerprint density at radius 2 is 1.86 bits per heavy atom. The van der Waals surface area contributed by atoms with E-state index < -0.39 is 0 Å². The fourth-order valence-corrected chi connectivity index (χ4v) is 3.01. The largest absolute Gasteiger partial charge is 0.484 e. The van der Waals surface area contributed by atoms with E-state index in [2.05, 4.69) is 5.32 Å². The topological polar surface area (TPSA) is 67.9 Å². The van der Waals surface area contributed by atoms with Gasteiger partial charge in [-0.2, -0.15) is 0 Å². The van der Waals surface area contributed by atoms with Gasteiger partial charge < -0.3 is 19.7 Å². The summed E-state index contributed by atoms with van der Waals surface area (Å²) in [4.78, 5) is 25.4. The molecule has 2 aromatic carbocycles. The van der Waals surface area contributed by atoms with Crippen molar-refractivity contribution in [1.82, 2.24) is 5.32 Å². The molecule has 1 aliphatic rings. The van der Waals surface area contributed by atoms with Crippen molar-refractivity contribution >= 4 is 17.5 Å². The molecular formula is C22H26N2O4. The lowest BCUT2D eigenvalue weighted by Crippen LogP contribution is -2.30. The minimum absolute atomic E-state index is 0.0349. The van der Waals surface area contributed by atoms with Crippen molar-refractivity contribution in [3.63, 3.8) is 0 Å². The Kier molecular flexibility index (Phi) is 7.44. The van der Waals surface area contributed by atoms with Crippen molar-refractivity contribution in [2.45, 2.75) is 25.9 Å². The van der Waals surface area contributed by atoms with E-state index in [1.807, 2.05) is 42.5 Å². The summed E-state index contributed by atoms with van der Waals surface area (Å²) >= 11 is 0. The van der Waals surface area contributed by atoms with E-state index in [-0.39, 0.29) is 18.4 Å². The lowest BCUT2D eigenvalue weighted by molar-refractivity contribution is -0.123. The number of hydrogen-bond acceptors (Lipinski definition) is 4. The molecule has 3 rings (SSSR count). The van der Waals surface area contributed by atoms with E-state index >= 15 is 0 Å². The number of benzene rings is 2. The second-order valence-corrected chi connectivity index (χ2v) is 6.67. The maximum absolute atomic E-state index is 11.9. The molecule has 2 aromatic rings. The summed E-state index contributed by atoms with van der Waals surface area (Å²) in [5.74, 6) is 0.597. The van der Waals surface area contributed by atoms with Crippen molar-refractivity contribution in [1.29, 1.82) is 0 Å². The standard InChI is InChI=1S/C22H26N2O4/c25-21(23-13-5-15-27-16-18-6-2-1-3-7-18)17-28-20-11-9-19(10-12-20)24-14-4-8-22(24)26/h1-3,6-7,9-12H,4-5,8,13-17H2,(H,23,25). The van der Waals surface area contributed by atoms with Gasteiger partial charge in [-0.05, 0) is 42.7 Å². The number of carbonyl (C=O) groups is 2. The minimum Gasteiger partial charge on any atom is -0.484 e. The Morgan fingerprint density at radius 3 is 2.57 bits per heavy atom. The zero-order valence-electron chi connectivity index (χ0n) is 15.9. The number of nitrogens with one attached hydrogen (secondary N) is 1. The maximum atomic E-state index is 11.9. The molecular weight excluding hydrogens is 356 g/mol. The Morgan fingerprint density at radius 1 is 1.07 bits per heavy atom. The first-order chi connectivity index (χ1) is 13.7. The quantitative estimate of drug-likeness (QED) is 0.642. The van der Waals surface area contributed by atoms with E-state index in [4.69, 9.17) is 9.47 Å². The van der Waals surface area contributed by atoms with Crippen LogP contribution in [-0.2, 0) is 20.9 Å². The molecule has 1 saturated heterocycles. The second kappa shape index (κ2) is 10.5. The smallest absolute Gasteiger partial charge is 0.257 e. The zero-order valence-corrected chi connectivity index (χ0v) is 15.9. The Hall–Kier alpha value is -2.86. The highest BCUT2D eigenvalue weighted by Gasteiger charge is 2.21. The van der Waals surface area contributed by atoms with Crippen LogP contribution in [0.25, 0.3) is 0 Å². The fraction of sp³-hybridized carbons (Fsp3) is 0.364. The molecule has 0 radical (unpaired) electrons. The lowest BCUT2D eigenvalue weighted by Gasteiger charge is -2.16. The van der Waals surface area contributed by atoms with Crippen LogP contribution in [-0.4, -0.2) is 38.1 Å². The average Bonchev–Trinajstić information content (AvgIpc) is 3.16. The van der Waals surface area contributed by atoms with E-state index in [0.717, 1.165) is 30.6 Å². The molecule has 0 saturated carbocycles. The van der Waals surface area contributed by atoms with Crippen LogP contribution in [0.4, 0.5) is 5.69 Å². The average molecular weight is 382 g/mol. The third kappa shape index (κ3) is 6.09. The third-order valence-electron chi connectivity index (χ3n) is 4.49. The molecule has 0 aromatic heterocycles. The Labute approximate surface area is 165 Å². The molecule has 148 valence electrons. The summed E-state index contributed by atoms with van der Waals surface area (Å²) in [6, 6.07) is 17.3. The Bertz CT molecular complexity index is 762. The molecule has 0 aliphatic carbocycles. The van der Waals surface area contributed by atoms with Crippen LogP contribution in [0.2, 0.25) is 0 Å². The first-order valence-electron chi connectivity index (χ1n) is 9.64. The number of nitrogens with zero attached hydrogens (tertiary/aromatic N) is 1. The monoisotopic (exact) mass is 382 g/mol. The molecule has 6 nitrogen and oxygen atoms in total. The maximum Gasteiger partial charge on any atom is 0.257 e. The third-order valence-corrected chi connectivity index (χ3v) is 4.49. The lowest BCUT2D eigenvalue weighted by atomic mass is 10.2. The first kappa shape index (κ1) is 19.9. The first-order valence-corrected chi connectivity index (χ1v) is 9.64. The van der Waals surface area contributed by atoms with Gasteiger partial charge in [0.05, 0.1) is 6.61 Å². The van der Waals surface area contributed by atoms with Crippen LogP contribution in [0.15, 0.2) is 54.6 Å². The number of anilines is 1. The molecule has 2 amide bonds. The van der Waals surface area contributed by atoms with Crippen molar-refractivity contribution in [3.05, 3.63) is 60.2 Å². The SMILES string of the molecule is O=C(COc1ccc(N2CCCC2=O)cc1)NCCCOCc1ccccc1. The van der Waals surface area contributed by atoms with E-state index in [1.54, 1.807) is 17.0 Å². The molecule has 1 N–H and O–H groups in total. The number of hydrogen-bond donors (Lipinski definition) is 1. The van der Waals surface area contributed by atoms with Gasteiger partial charge in [0.2, 0.25) is 5.91 Å². The van der Waals surface area contributed by atoms with Crippen LogP contribution in [0, 0.1) is 0 Å². The summed E-state index contributed by atoms with van der Waals surface area (Å²) in [5.41, 5.74) is 2.01. The second-order valence-electron chi connectivity index (χ2n) is 6.67. The number of ether oxygens (including phenoxy) is 2. The van der Waals surface area contributed by atoms with E-state index in [1.165, 1.54) is 0 Å². The molecule has 0 spiro atoms. The number of carbonyl (C=O) groups excluding carboxylic acids is 2. The van der Waals surface area contributed by atoms with E-state index in [0.29, 0.717) is 31.9 Å². The molecule has 0 atom stereocenters. The number of amides is 2. The van der Waals surface area contributed by atoms with Gasteiger partial charge in [0.25, 0.3) is 5.91 Å². The van der Waals surface area contributed by atoms with Gasteiger partial charge in [-0.3, -0.25) is 9.59 Å². The van der Waals surface area contributed by atoms with Gasteiger partial charge in [0.15, 0.2) is 6.61 Å². The molecule has 1 aliphatic heterocycles. The van der Waals surface area contributed by atoms with Crippen LogP contribution in [0.5, 0.6) is 5.75 Å². The summed E-state index contributed by atoms with van der Waals surface area (Å²) in [6.07, 6.45) is 2.25. The van der Waals surface area contributed by atoms with Crippen molar-refractivity contribution in [2.75, 3.05) is 31.2 Å². The Balaban J connectivity index is 1.27. The van der Waals surface area contributed by atoms with Crippen LogP contribution in [0.1, 0.15) is 24.8 Å². The van der Waals surface area contributed by atoms with Gasteiger partial charge in [-0.25, -0.2) is 0 Å². The van der Waals surface area contributed by atoms with Crippen LogP contribution >= 0.6 is 0 Å². The molecule has 28 heavy (non-hydrogen) atoms. The predicted octanol–water partition coefficient (Wildman–Crippen LogP) is 2.92. The van der Waals surface area contributed by atoms with Crippen LogP contribution < -0.4 is 15.0 Å². The summed E-state index contributed by atoms with van der Waals surface area (Å²) in [7, 11) is 0. The predicted molar refractivity (Wildman–Crippen MR) is 107 cm³/mol. The van der Waals surface area contributed by atoms with Gasteiger partial charge in [0.1, 0.15) is 5.75 Å². The summed E-state index contributed by atoms with van der Waals surface area (Å²) in [6.45, 7) is 2.44. The van der Waals surface area contributed by atoms with Crippen LogP contribution in [0.3, 0.4) is 0 Å². The highest BCUT2D eigenvalue weighted by Crippen LogP contribution is 2.23. The molecule has 1 fully saturated rings. The van der Waals surface area contributed by atoms with Crippen molar-refractivity contribution in [2.24, 2.45) is 0 Å². The highest BCUT2D eigenvalue weighted by atomic mass is 16.5. The van der Waals surface area contributed by atoms with Gasteiger partial charge in [0, 0.05) is 31.8 Å². The molecule has 0 bridgehead atoms. The highest BCUT2D eigenvalue weighted by molar-refractivity contribution is 5.95. The van der Waals surface area contributed by atoms with Gasteiger partial charge in [-0.1, -0.05) is 30.3 Å². The van der Waals surface area contributed by atoms with Gasteiger partial charge in [-0.15, -0.1) is 0 Å². The van der Waals surface area contributed by atoms with E-state index in [9.17, 15) is 9.59 Å². The van der Waals surface area contributed by atoms with Gasteiger partial charge >= 0.3 is 0 Å². The molecule has 6 heteroatoms. The minimum atomic E-state index is -0.165. The summed E-state index contributed by atoms with van der Waals surface area (Å²) < 4.78 is 11.1. The molecule has 0 unspecified atom stereocenters. The zero-order chi connectivity index (χ0) is 19.6. The number of rotatable bonds is 10. The van der Waals surface area contributed by atoms with Crippen molar-refractivity contribution in [3.8, 4) is 5.75 Å². The fourth-order valence-electron chi connectivity index (χ4n) is 3.01. The molecule has 1 heterocycles. The summed E-state index contributed by atoms with van der Waals surface area (Å²) in [5, 5.41) is 2.82. The normalized spacial score (nSPS) is 13.6. The van der Waals surface area contributed by atoms with Crippen molar-refractivity contribution < 1.29 is 19.1 Å².